The molecule has 0 unspecified atom stereocenters. The Kier molecular flexibility index (Phi) is 3.99. The van der Waals surface area contributed by atoms with Gasteiger partial charge in [-0.05, 0) is 18.8 Å². The largest absolute Gasteiger partial charge is 0.467 e. The summed E-state index contributed by atoms with van der Waals surface area (Å²) in [6.45, 7) is 1.09. The number of hydrogen-bond acceptors (Lipinski definition) is 4. The minimum absolute atomic E-state index is 0.0847. The Labute approximate surface area is 101 Å². The van der Waals surface area contributed by atoms with Gasteiger partial charge in [-0.15, -0.1) is 0 Å². The molecule has 96 valence electrons. The van der Waals surface area contributed by atoms with Gasteiger partial charge in [0.15, 0.2) is 0 Å². The third-order valence-electron chi connectivity index (χ3n) is 3.37. The van der Waals surface area contributed by atoms with E-state index in [9.17, 15) is 9.59 Å². The first-order chi connectivity index (χ1) is 8.20. The van der Waals surface area contributed by atoms with Crippen molar-refractivity contribution in [2.24, 2.45) is 11.8 Å². The van der Waals surface area contributed by atoms with E-state index in [-0.39, 0.29) is 17.8 Å². The lowest BCUT2D eigenvalue weighted by Gasteiger charge is -2.18. The van der Waals surface area contributed by atoms with Gasteiger partial charge in [0.2, 0.25) is 5.91 Å². The molecule has 2 rings (SSSR count). The Morgan fingerprint density at radius 2 is 2.18 bits per heavy atom. The quantitative estimate of drug-likeness (QED) is 0.711. The maximum Gasteiger partial charge on any atom is 0.328 e. The summed E-state index contributed by atoms with van der Waals surface area (Å²) in [4.78, 5) is 23.4. The highest BCUT2D eigenvalue weighted by molar-refractivity contribution is 5.85. The van der Waals surface area contributed by atoms with Gasteiger partial charge in [0.05, 0.1) is 19.6 Å². The number of hydrogen-bond donors (Lipinski definition) is 1. The summed E-state index contributed by atoms with van der Waals surface area (Å²) < 4.78 is 9.88. The lowest BCUT2D eigenvalue weighted by atomic mass is 10.1. The fourth-order valence-corrected chi connectivity index (χ4v) is 2.07. The van der Waals surface area contributed by atoms with Crippen molar-refractivity contribution in [2.75, 3.05) is 20.3 Å². The number of carbonyl (C=O) groups is 2. The molecule has 0 aromatic rings. The van der Waals surface area contributed by atoms with Gasteiger partial charge in [0, 0.05) is 6.61 Å². The number of carbonyl (C=O) groups excluding carboxylic acids is 2. The Morgan fingerprint density at radius 1 is 1.41 bits per heavy atom. The summed E-state index contributed by atoms with van der Waals surface area (Å²) in [5.74, 6) is 0.0308. The monoisotopic (exact) mass is 241 g/mol. The van der Waals surface area contributed by atoms with Gasteiger partial charge in [-0.2, -0.15) is 0 Å². The lowest BCUT2D eigenvalue weighted by Crippen LogP contribution is -2.44. The number of nitrogens with one attached hydrogen (secondary N) is 1. The molecule has 0 aromatic carbocycles. The number of esters is 1. The summed E-state index contributed by atoms with van der Waals surface area (Å²) in [7, 11) is 1.35. The van der Waals surface area contributed by atoms with Crippen LogP contribution in [-0.2, 0) is 19.1 Å². The van der Waals surface area contributed by atoms with Crippen LogP contribution in [0.3, 0.4) is 0 Å². The molecule has 1 N–H and O–H groups in total. The predicted octanol–water partition coefficient (Wildman–Crippen LogP) is 0.481. The van der Waals surface area contributed by atoms with Gasteiger partial charge in [-0.3, -0.25) is 4.79 Å². The van der Waals surface area contributed by atoms with Crippen LogP contribution in [0.5, 0.6) is 0 Å². The van der Waals surface area contributed by atoms with E-state index in [1.807, 2.05) is 0 Å². The van der Waals surface area contributed by atoms with Gasteiger partial charge in [0.1, 0.15) is 6.04 Å². The molecule has 0 bridgehead atoms. The van der Waals surface area contributed by atoms with Gasteiger partial charge in [-0.25, -0.2) is 4.79 Å². The number of methoxy groups -OCH3 is 1. The molecule has 1 saturated heterocycles. The zero-order valence-electron chi connectivity index (χ0n) is 10.1. The lowest BCUT2D eigenvalue weighted by molar-refractivity contribution is -0.146. The third-order valence-corrected chi connectivity index (χ3v) is 3.37. The second-order valence-electron chi connectivity index (χ2n) is 4.82. The Bertz CT molecular complexity index is 295. The van der Waals surface area contributed by atoms with Crippen molar-refractivity contribution in [3.63, 3.8) is 0 Å². The van der Waals surface area contributed by atoms with Crippen molar-refractivity contribution in [3.05, 3.63) is 0 Å². The van der Waals surface area contributed by atoms with E-state index in [2.05, 4.69) is 5.32 Å². The molecule has 2 fully saturated rings. The van der Waals surface area contributed by atoms with Crippen molar-refractivity contribution < 1.29 is 19.1 Å². The van der Waals surface area contributed by atoms with Gasteiger partial charge in [-0.1, -0.05) is 12.8 Å². The second-order valence-corrected chi connectivity index (χ2v) is 4.82. The average molecular weight is 241 g/mol. The van der Waals surface area contributed by atoms with Crippen LogP contribution in [0.15, 0.2) is 0 Å². The molecule has 1 heterocycles. The fraction of sp³-hybridized carbons (Fsp3) is 0.833. The molecule has 17 heavy (non-hydrogen) atoms. The number of rotatable bonds is 5. The van der Waals surface area contributed by atoms with Crippen LogP contribution in [-0.4, -0.2) is 38.2 Å². The van der Waals surface area contributed by atoms with E-state index >= 15 is 0 Å². The third kappa shape index (κ3) is 3.43. The Morgan fingerprint density at radius 3 is 2.71 bits per heavy atom. The zero-order valence-corrected chi connectivity index (χ0v) is 10.1. The molecule has 1 saturated carbocycles. The van der Waals surface area contributed by atoms with E-state index in [1.54, 1.807) is 0 Å². The highest BCUT2D eigenvalue weighted by atomic mass is 16.5. The number of ether oxygens (including phenoxy) is 2. The first-order valence-electron chi connectivity index (χ1n) is 6.16. The molecule has 0 radical (unpaired) electrons. The number of amides is 1. The SMILES string of the molecule is COC(=O)[C@@H](CC1CC1)NC(=O)[C@@H]1CCOC1. The van der Waals surface area contributed by atoms with Crippen LogP contribution in [0.4, 0.5) is 0 Å². The molecule has 1 aliphatic heterocycles. The average Bonchev–Trinajstić information content (AvgIpc) is 2.97. The van der Waals surface area contributed by atoms with Gasteiger partial charge < -0.3 is 14.8 Å². The first kappa shape index (κ1) is 12.4. The first-order valence-corrected chi connectivity index (χ1v) is 6.16. The standard InChI is InChI=1S/C12H19NO4/c1-16-12(15)10(6-8-2-3-8)13-11(14)9-4-5-17-7-9/h8-10H,2-7H2,1H3,(H,13,14)/t9-,10-/m1/s1. The van der Waals surface area contributed by atoms with E-state index in [0.717, 1.165) is 19.3 Å². The molecular formula is C12H19NO4. The minimum atomic E-state index is -0.486. The molecule has 1 amide bonds. The van der Waals surface area contributed by atoms with Crippen LogP contribution < -0.4 is 5.32 Å². The Hall–Kier alpha value is -1.10. The fourth-order valence-electron chi connectivity index (χ4n) is 2.07. The van der Waals surface area contributed by atoms with Crippen LogP contribution in [0.2, 0.25) is 0 Å². The van der Waals surface area contributed by atoms with Crippen molar-refractivity contribution in [2.45, 2.75) is 31.7 Å². The summed E-state index contributed by atoms with van der Waals surface area (Å²) in [5.41, 5.74) is 0. The summed E-state index contributed by atoms with van der Waals surface area (Å²) >= 11 is 0. The van der Waals surface area contributed by atoms with Gasteiger partial charge >= 0.3 is 5.97 Å². The zero-order chi connectivity index (χ0) is 12.3. The predicted molar refractivity (Wildman–Crippen MR) is 60.2 cm³/mol. The topological polar surface area (TPSA) is 64.6 Å². The van der Waals surface area contributed by atoms with Crippen LogP contribution in [0.25, 0.3) is 0 Å². The van der Waals surface area contributed by atoms with E-state index in [4.69, 9.17) is 9.47 Å². The molecule has 2 aliphatic rings. The smallest absolute Gasteiger partial charge is 0.328 e. The van der Waals surface area contributed by atoms with E-state index in [1.165, 1.54) is 7.11 Å². The summed E-state index contributed by atoms with van der Waals surface area (Å²) in [5, 5.41) is 2.79. The molecule has 5 nitrogen and oxygen atoms in total. The molecule has 5 heteroatoms. The maximum absolute atomic E-state index is 11.9. The Balaban J connectivity index is 1.86. The molecule has 0 spiro atoms. The van der Waals surface area contributed by atoms with Crippen molar-refractivity contribution >= 4 is 11.9 Å². The highest BCUT2D eigenvalue weighted by Crippen LogP contribution is 2.33. The second kappa shape index (κ2) is 5.49. The highest BCUT2D eigenvalue weighted by Gasteiger charge is 2.33. The van der Waals surface area contributed by atoms with Gasteiger partial charge in [0.25, 0.3) is 0 Å². The summed E-state index contributed by atoms with van der Waals surface area (Å²) in [6, 6.07) is -0.486. The van der Waals surface area contributed by atoms with Crippen molar-refractivity contribution in [3.8, 4) is 0 Å². The molecule has 0 aromatic heterocycles. The van der Waals surface area contributed by atoms with Crippen molar-refractivity contribution in [1.82, 2.24) is 5.32 Å². The maximum atomic E-state index is 11.9. The normalized spacial score (nSPS) is 25.4. The minimum Gasteiger partial charge on any atom is -0.467 e. The van der Waals surface area contributed by atoms with Crippen LogP contribution >= 0.6 is 0 Å². The summed E-state index contributed by atoms with van der Waals surface area (Å²) in [6.07, 6.45) is 3.74. The van der Waals surface area contributed by atoms with Crippen molar-refractivity contribution in [1.29, 1.82) is 0 Å². The van der Waals surface area contributed by atoms with Crippen LogP contribution in [0, 0.1) is 11.8 Å². The van der Waals surface area contributed by atoms with Crippen LogP contribution in [0.1, 0.15) is 25.7 Å². The van der Waals surface area contributed by atoms with E-state index < -0.39 is 6.04 Å². The van der Waals surface area contributed by atoms with E-state index in [0.29, 0.717) is 25.6 Å². The molecular weight excluding hydrogens is 222 g/mol. The molecule has 2 atom stereocenters. The molecule has 1 aliphatic carbocycles.